The normalized spacial score (nSPS) is 11.3. The van der Waals surface area contributed by atoms with Gasteiger partial charge in [0.25, 0.3) is 0 Å². The number of aryl methyl sites for hydroxylation is 1. The molecule has 4 aromatic carbocycles. The number of hydrogen-bond acceptors (Lipinski definition) is 2. The lowest BCUT2D eigenvalue weighted by Crippen LogP contribution is -2.26. The molecule has 8 heteroatoms. The standard InChI is InChI=1S/C31H26NO2.BF4/c1-32-16-14-24(15-17-32)29(20-30(33)27-12-10-22-6-2-4-8-25(22)18-27)21-31(34)28-13-11-23-7-3-5-9-26(23)19-28;2-1(3,4)5/h2-19,29H,20-21H2,1H3;/q+1;-1. The Morgan fingerprint density at radius 2 is 1.03 bits per heavy atom. The van der Waals surface area contributed by atoms with Crippen molar-refractivity contribution in [3.63, 3.8) is 0 Å². The van der Waals surface area contributed by atoms with Gasteiger partial charge >= 0.3 is 7.25 Å². The second kappa shape index (κ2) is 12.0. The second-order valence-corrected chi connectivity index (χ2v) is 9.37. The smallest absolute Gasteiger partial charge is 0.418 e. The molecule has 0 unspecified atom stereocenters. The maximum atomic E-state index is 13.3. The van der Waals surface area contributed by atoms with Crippen LogP contribution >= 0.6 is 0 Å². The lowest BCUT2D eigenvalue weighted by atomic mass is 9.86. The van der Waals surface area contributed by atoms with Crippen LogP contribution < -0.4 is 4.57 Å². The number of Topliss-reactive ketones (excluding diaryl/α,β-unsaturated/α-hetero) is 2. The molecule has 1 heterocycles. The minimum Gasteiger partial charge on any atom is -0.418 e. The van der Waals surface area contributed by atoms with Crippen molar-refractivity contribution in [3.8, 4) is 0 Å². The van der Waals surface area contributed by atoms with Gasteiger partial charge < -0.3 is 17.3 Å². The predicted octanol–water partition coefficient (Wildman–Crippen LogP) is 7.75. The van der Waals surface area contributed by atoms with Crippen LogP contribution in [-0.2, 0) is 7.05 Å². The summed E-state index contributed by atoms with van der Waals surface area (Å²) in [4.78, 5) is 26.6. The van der Waals surface area contributed by atoms with Gasteiger partial charge in [-0.3, -0.25) is 9.59 Å². The van der Waals surface area contributed by atoms with Gasteiger partial charge in [-0.2, -0.15) is 0 Å². The maximum Gasteiger partial charge on any atom is 0.673 e. The topological polar surface area (TPSA) is 38.0 Å². The zero-order valence-electron chi connectivity index (χ0n) is 21.2. The summed E-state index contributed by atoms with van der Waals surface area (Å²) in [5.74, 6) is -0.0928. The van der Waals surface area contributed by atoms with Crippen molar-refractivity contribution in [1.82, 2.24) is 0 Å². The lowest BCUT2D eigenvalue weighted by molar-refractivity contribution is -0.671. The molecule has 0 fully saturated rings. The summed E-state index contributed by atoms with van der Waals surface area (Å²) in [6, 6.07) is 31.7. The van der Waals surface area contributed by atoms with Crippen molar-refractivity contribution in [3.05, 3.63) is 126 Å². The van der Waals surface area contributed by atoms with E-state index >= 15 is 0 Å². The van der Waals surface area contributed by atoms with Gasteiger partial charge in [0.15, 0.2) is 24.0 Å². The fraction of sp³-hybridized carbons (Fsp3) is 0.129. The van der Waals surface area contributed by atoms with Crippen molar-refractivity contribution in [2.75, 3.05) is 0 Å². The Morgan fingerprint density at radius 1 is 0.641 bits per heavy atom. The summed E-state index contributed by atoms with van der Waals surface area (Å²) >= 11 is 0. The Hall–Kier alpha value is -4.33. The van der Waals surface area contributed by atoms with Gasteiger partial charge in [-0.05, 0) is 45.2 Å². The maximum absolute atomic E-state index is 13.3. The van der Waals surface area contributed by atoms with Gasteiger partial charge in [0.2, 0.25) is 0 Å². The van der Waals surface area contributed by atoms with E-state index in [1.807, 2.05) is 121 Å². The summed E-state index contributed by atoms with van der Waals surface area (Å²) in [5.41, 5.74) is 2.37. The van der Waals surface area contributed by atoms with E-state index in [9.17, 15) is 26.9 Å². The number of nitrogens with zero attached hydrogens (tertiary/aromatic N) is 1. The number of carbonyl (C=O) groups is 2. The highest BCUT2D eigenvalue weighted by Crippen LogP contribution is 2.28. The van der Waals surface area contributed by atoms with E-state index < -0.39 is 7.25 Å². The van der Waals surface area contributed by atoms with E-state index in [4.69, 9.17) is 0 Å². The largest absolute Gasteiger partial charge is 0.673 e. The van der Waals surface area contributed by atoms with Crippen molar-refractivity contribution in [1.29, 1.82) is 0 Å². The molecule has 0 atom stereocenters. The summed E-state index contributed by atoms with van der Waals surface area (Å²) in [6.07, 6.45) is 4.49. The molecule has 3 nitrogen and oxygen atoms in total. The lowest BCUT2D eigenvalue weighted by Gasteiger charge is -2.16. The fourth-order valence-corrected chi connectivity index (χ4v) is 4.50. The highest BCUT2D eigenvalue weighted by Gasteiger charge is 2.23. The number of ketones is 2. The van der Waals surface area contributed by atoms with Gasteiger partial charge in [-0.25, -0.2) is 4.57 Å². The number of aromatic nitrogens is 1. The van der Waals surface area contributed by atoms with Gasteiger partial charge in [-0.1, -0.05) is 72.8 Å². The Morgan fingerprint density at radius 3 is 1.44 bits per heavy atom. The van der Waals surface area contributed by atoms with Crippen LogP contribution in [0.5, 0.6) is 0 Å². The minimum absolute atomic E-state index is 0.0512. The third-order valence-electron chi connectivity index (χ3n) is 6.48. The van der Waals surface area contributed by atoms with Crippen LogP contribution in [0.2, 0.25) is 0 Å². The molecule has 5 aromatic rings. The molecule has 0 bridgehead atoms. The Kier molecular flexibility index (Phi) is 8.54. The number of rotatable bonds is 7. The fourth-order valence-electron chi connectivity index (χ4n) is 4.50. The molecule has 1 aromatic heterocycles. The molecule has 39 heavy (non-hydrogen) atoms. The van der Waals surface area contributed by atoms with Crippen molar-refractivity contribution in [2.24, 2.45) is 7.05 Å². The van der Waals surface area contributed by atoms with Gasteiger partial charge in [0.05, 0.1) is 0 Å². The summed E-state index contributed by atoms with van der Waals surface area (Å²) < 4.78 is 41.0. The summed E-state index contributed by atoms with van der Waals surface area (Å²) in [5, 5.41) is 4.31. The Labute approximate surface area is 223 Å². The first kappa shape index (κ1) is 27.7. The van der Waals surface area contributed by atoms with Gasteiger partial charge in [0.1, 0.15) is 7.05 Å². The van der Waals surface area contributed by atoms with E-state index in [-0.39, 0.29) is 30.3 Å². The van der Waals surface area contributed by atoms with Crippen LogP contribution in [0.4, 0.5) is 17.3 Å². The Balaban J connectivity index is 0.000000648. The quantitative estimate of drug-likeness (QED) is 0.0933. The van der Waals surface area contributed by atoms with Crippen LogP contribution in [0.25, 0.3) is 21.5 Å². The average Bonchev–Trinajstić information content (AvgIpc) is 2.91. The monoisotopic (exact) mass is 531 g/mol. The third-order valence-corrected chi connectivity index (χ3v) is 6.48. The molecule has 0 saturated heterocycles. The summed E-state index contributed by atoms with van der Waals surface area (Å²) in [6.45, 7) is 0. The van der Waals surface area contributed by atoms with Crippen molar-refractivity contribution < 1.29 is 31.4 Å². The number of fused-ring (bicyclic) bond motifs is 2. The van der Waals surface area contributed by atoms with Gasteiger partial charge in [0, 0.05) is 36.1 Å². The first-order chi connectivity index (χ1) is 18.6. The zero-order valence-corrected chi connectivity index (χ0v) is 21.2. The number of hydrogen-bond donors (Lipinski definition) is 0. The molecule has 0 aliphatic carbocycles. The zero-order chi connectivity index (χ0) is 28.0. The van der Waals surface area contributed by atoms with E-state index in [1.54, 1.807) is 0 Å². The summed E-state index contributed by atoms with van der Waals surface area (Å²) in [7, 11) is -4.04. The molecule has 0 radical (unpaired) electrons. The van der Waals surface area contributed by atoms with E-state index in [0.717, 1.165) is 27.1 Å². The van der Waals surface area contributed by atoms with Crippen LogP contribution in [0, 0.1) is 0 Å². The van der Waals surface area contributed by atoms with E-state index in [2.05, 4.69) is 0 Å². The molecule has 0 spiro atoms. The second-order valence-electron chi connectivity index (χ2n) is 9.37. The van der Waals surface area contributed by atoms with Gasteiger partial charge in [-0.15, -0.1) is 0 Å². The number of carbonyl (C=O) groups excluding carboxylic acids is 2. The molecular formula is C31H26BF4NO2. The van der Waals surface area contributed by atoms with Crippen LogP contribution in [0.3, 0.4) is 0 Å². The molecule has 0 N–H and O–H groups in total. The SMILES string of the molecule is C[n+]1ccc(C(CC(=O)c2ccc3ccccc3c2)CC(=O)c2ccc3ccccc3c2)cc1.F[B-](F)(F)F. The molecule has 0 aliphatic rings. The predicted molar refractivity (Wildman–Crippen MR) is 146 cm³/mol. The molecule has 5 rings (SSSR count). The van der Waals surface area contributed by atoms with E-state index in [1.165, 1.54) is 0 Å². The average molecular weight is 531 g/mol. The van der Waals surface area contributed by atoms with Crippen molar-refractivity contribution >= 4 is 40.4 Å². The number of halogens is 4. The number of benzene rings is 4. The van der Waals surface area contributed by atoms with Crippen molar-refractivity contribution in [2.45, 2.75) is 18.8 Å². The third kappa shape index (κ3) is 7.83. The minimum atomic E-state index is -6.00. The molecule has 0 saturated carbocycles. The van der Waals surface area contributed by atoms with Crippen LogP contribution in [0.1, 0.15) is 45.0 Å². The first-order valence-electron chi connectivity index (χ1n) is 12.4. The molecular weight excluding hydrogens is 505 g/mol. The van der Waals surface area contributed by atoms with E-state index in [0.29, 0.717) is 11.1 Å². The first-order valence-corrected chi connectivity index (χ1v) is 12.4. The molecule has 0 aliphatic heterocycles. The Bertz CT molecular complexity index is 1520. The van der Waals surface area contributed by atoms with Crippen LogP contribution in [0.15, 0.2) is 109 Å². The molecule has 198 valence electrons. The van der Waals surface area contributed by atoms with Crippen LogP contribution in [-0.4, -0.2) is 18.8 Å². The highest BCUT2D eigenvalue weighted by molar-refractivity contribution is 6.50. The number of pyridine rings is 1. The molecule has 0 amide bonds. The highest BCUT2D eigenvalue weighted by atomic mass is 19.5.